The SMILES string of the molecule is NC(COCCF)=N[C@H](F)c1cc(NC(=O)c2cc3cncnc3[nH]2)ccc1F. The van der Waals surface area contributed by atoms with Gasteiger partial charge in [0.25, 0.3) is 5.91 Å². The number of benzene rings is 1. The molecule has 1 atom stereocenters. The number of fused-ring (bicyclic) bond motifs is 1. The Labute approximate surface area is 163 Å². The van der Waals surface area contributed by atoms with Crippen LogP contribution in [0.1, 0.15) is 22.3 Å². The summed E-state index contributed by atoms with van der Waals surface area (Å²) in [5.41, 5.74) is 5.91. The summed E-state index contributed by atoms with van der Waals surface area (Å²) < 4.78 is 45.2. The Bertz CT molecular complexity index is 1010. The van der Waals surface area contributed by atoms with Crippen LogP contribution in [0.5, 0.6) is 0 Å². The number of hydrogen-bond acceptors (Lipinski definition) is 5. The zero-order valence-electron chi connectivity index (χ0n) is 15.0. The number of H-pyrrole nitrogens is 1. The average Bonchev–Trinajstić information content (AvgIpc) is 3.14. The fourth-order valence-corrected chi connectivity index (χ4v) is 2.48. The van der Waals surface area contributed by atoms with Gasteiger partial charge in [-0.3, -0.25) is 4.79 Å². The first-order valence-corrected chi connectivity index (χ1v) is 8.47. The molecule has 0 radical (unpaired) electrons. The van der Waals surface area contributed by atoms with E-state index in [1.807, 2.05) is 0 Å². The monoisotopic (exact) mass is 406 g/mol. The number of amidine groups is 1. The van der Waals surface area contributed by atoms with Crippen molar-refractivity contribution in [2.24, 2.45) is 10.7 Å². The van der Waals surface area contributed by atoms with Crippen molar-refractivity contribution in [3.05, 3.63) is 53.9 Å². The lowest BCUT2D eigenvalue weighted by Gasteiger charge is -2.10. The normalized spacial score (nSPS) is 12.9. The van der Waals surface area contributed by atoms with E-state index in [9.17, 15) is 18.0 Å². The second-order valence-electron chi connectivity index (χ2n) is 5.90. The highest BCUT2D eigenvalue weighted by molar-refractivity contribution is 6.05. The number of carbonyl (C=O) groups excluding carboxylic acids is 1. The van der Waals surface area contributed by atoms with Gasteiger partial charge < -0.3 is 20.8 Å². The van der Waals surface area contributed by atoms with Gasteiger partial charge in [0.1, 0.15) is 42.6 Å². The Morgan fingerprint density at radius 2 is 2.21 bits per heavy atom. The van der Waals surface area contributed by atoms with Crippen molar-refractivity contribution in [3.63, 3.8) is 0 Å². The van der Waals surface area contributed by atoms with Crippen molar-refractivity contribution in [1.29, 1.82) is 0 Å². The number of nitrogens with zero attached hydrogens (tertiary/aromatic N) is 3. The third kappa shape index (κ3) is 5.08. The molecule has 29 heavy (non-hydrogen) atoms. The number of nitrogens with two attached hydrogens (primary N) is 1. The van der Waals surface area contributed by atoms with Crippen LogP contribution in [0.15, 0.2) is 41.8 Å². The lowest BCUT2D eigenvalue weighted by atomic mass is 10.1. The highest BCUT2D eigenvalue weighted by atomic mass is 19.1. The Balaban J connectivity index is 1.74. The fourth-order valence-electron chi connectivity index (χ4n) is 2.48. The number of aromatic nitrogens is 3. The predicted molar refractivity (Wildman–Crippen MR) is 101 cm³/mol. The standard InChI is InChI=1S/C18H17F3N6O2/c19-3-4-29-8-15(22)27-16(21)12-6-11(1-2-13(12)20)25-18(28)14-5-10-7-23-9-24-17(10)26-14/h1-2,5-7,9,16H,3-4,8H2,(H2,22,27)(H,25,28)(H,23,24,26)/t16-/m0/s1. The highest BCUT2D eigenvalue weighted by Gasteiger charge is 2.17. The summed E-state index contributed by atoms with van der Waals surface area (Å²) in [6.45, 7) is -1.21. The smallest absolute Gasteiger partial charge is 0.272 e. The molecule has 0 aliphatic rings. The van der Waals surface area contributed by atoms with E-state index in [0.29, 0.717) is 11.0 Å². The minimum atomic E-state index is -2.12. The van der Waals surface area contributed by atoms with Crippen LogP contribution >= 0.6 is 0 Å². The van der Waals surface area contributed by atoms with Crippen molar-refractivity contribution in [2.45, 2.75) is 6.30 Å². The van der Waals surface area contributed by atoms with Crippen molar-refractivity contribution >= 4 is 28.5 Å². The van der Waals surface area contributed by atoms with Crippen molar-refractivity contribution in [3.8, 4) is 0 Å². The first-order chi connectivity index (χ1) is 14.0. The molecule has 152 valence electrons. The van der Waals surface area contributed by atoms with E-state index in [1.54, 1.807) is 12.3 Å². The molecule has 8 nitrogen and oxygen atoms in total. The number of anilines is 1. The summed E-state index contributed by atoms with van der Waals surface area (Å²) in [7, 11) is 0. The lowest BCUT2D eigenvalue weighted by molar-refractivity contribution is 0.102. The summed E-state index contributed by atoms with van der Waals surface area (Å²) in [6, 6.07) is 4.94. The maximum Gasteiger partial charge on any atom is 0.272 e. The first-order valence-electron chi connectivity index (χ1n) is 8.47. The van der Waals surface area contributed by atoms with Gasteiger partial charge in [-0.05, 0) is 24.3 Å². The molecular weight excluding hydrogens is 389 g/mol. The first kappa shape index (κ1) is 20.3. The molecule has 0 unspecified atom stereocenters. The highest BCUT2D eigenvalue weighted by Crippen LogP contribution is 2.26. The van der Waals surface area contributed by atoms with Crippen LogP contribution < -0.4 is 11.1 Å². The quantitative estimate of drug-likeness (QED) is 0.230. The van der Waals surface area contributed by atoms with Crippen molar-refractivity contribution < 1.29 is 22.7 Å². The molecule has 1 amide bonds. The van der Waals surface area contributed by atoms with Crippen LogP contribution in [0.25, 0.3) is 11.0 Å². The third-order valence-corrected chi connectivity index (χ3v) is 3.80. The Morgan fingerprint density at radius 3 is 2.97 bits per heavy atom. The van der Waals surface area contributed by atoms with Crippen molar-refractivity contribution in [2.75, 3.05) is 25.2 Å². The molecule has 2 aromatic heterocycles. The number of carbonyl (C=O) groups is 1. The van der Waals surface area contributed by atoms with Gasteiger partial charge in [0, 0.05) is 22.8 Å². The zero-order valence-corrected chi connectivity index (χ0v) is 15.0. The van der Waals surface area contributed by atoms with Crippen LogP contribution in [0, 0.1) is 5.82 Å². The molecule has 11 heteroatoms. The summed E-state index contributed by atoms with van der Waals surface area (Å²) >= 11 is 0. The van der Waals surface area contributed by atoms with Gasteiger partial charge in [0.15, 0.2) is 0 Å². The van der Waals surface area contributed by atoms with E-state index in [2.05, 4.69) is 25.3 Å². The van der Waals surface area contributed by atoms with E-state index in [1.165, 1.54) is 12.4 Å². The number of nitrogens with one attached hydrogen (secondary N) is 2. The molecule has 1 aromatic carbocycles. The largest absolute Gasteiger partial charge is 0.385 e. The molecule has 0 saturated carbocycles. The number of alkyl halides is 2. The molecule has 0 spiro atoms. The van der Waals surface area contributed by atoms with Gasteiger partial charge >= 0.3 is 0 Å². The lowest BCUT2D eigenvalue weighted by Crippen LogP contribution is -2.20. The molecule has 3 rings (SSSR count). The van der Waals surface area contributed by atoms with E-state index >= 15 is 0 Å². The number of ether oxygens (including phenoxy) is 1. The maximum absolute atomic E-state index is 14.4. The van der Waals surface area contributed by atoms with Crippen LogP contribution in [-0.4, -0.2) is 46.6 Å². The molecule has 0 aliphatic carbocycles. The van der Waals surface area contributed by atoms with E-state index < -0.39 is 30.3 Å². The van der Waals surface area contributed by atoms with Crippen LogP contribution in [0.3, 0.4) is 0 Å². The molecule has 0 saturated heterocycles. The van der Waals surface area contributed by atoms with Gasteiger partial charge in [-0.2, -0.15) is 0 Å². The molecule has 2 heterocycles. The summed E-state index contributed by atoms with van der Waals surface area (Å²) in [5.74, 6) is -1.64. The molecular formula is C18H17F3N6O2. The van der Waals surface area contributed by atoms with Crippen LogP contribution in [0.2, 0.25) is 0 Å². The van der Waals surface area contributed by atoms with Gasteiger partial charge in [-0.1, -0.05) is 0 Å². The molecule has 0 bridgehead atoms. The molecule has 4 N–H and O–H groups in total. The van der Waals surface area contributed by atoms with Crippen molar-refractivity contribution in [1.82, 2.24) is 15.0 Å². The topological polar surface area (TPSA) is 118 Å². The Kier molecular flexibility index (Phi) is 6.39. The Hall–Kier alpha value is -3.47. The second-order valence-corrected chi connectivity index (χ2v) is 5.90. The molecule has 3 aromatic rings. The van der Waals surface area contributed by atoms with Gasteiger partial charge in [-0.25, -0.2) is 28.1 Å². The number of rotatable bonds is 8. The Morgan fingerprint density at radius 1 is 1.38 bits per heavy atom. The van der Waals surface area contributed by atoms with Gasteiger partial charge in [-0.15, -0.1) is 0 Å². The number of aromatic amines is 1. The average molecular weight is 406 g/mol. The van der Waals surface area contributed by atoms with E-state index in [0.717, 1.165) is 12.1 Å². The molecule has 0 aliphatic heterocycles. The summed E-state index contributed by atoms with van der Waals surface area (Å²) in [5, 5.41) is 3.18. The summed E-state index contributed by atoms with van der Waals surface area (Å²) in [4.78, 5) is 26.6. The number of hydrogen-bond donors (Lipinski definition) is 3. The van der Waals surface area contributed by atoms with E-state index in [4.69, 9.17) is 10.5 Å². The minimum Gasteiger partial charge on any atom is -0.385 e. The molecule has 0 fully saturated rings. The van der Waals surface area contributed by atoms with Crippen LogP contribution in [-0.2, 0) is 4.74 Å². The van der Waals surface area contributed by atoms with E-state index in [-0.39, 0.29) is 30.4 Å². The fraction of sp³-hybridized carbons (Fsp3) is 0.222. The number of halogens is 3. The maximum atomic E-state index is 14.4. The number of amides is 1. The zero-order chi connectivity index (χ0) is 20.8. The minimum absolute atomic E-state index is 0.154. The second kappa shape index (κ2) is 9.15. The van der Waals surface area contributed by atoms with Crippen LogP contribution in [0.4, 0.5) is 18.9 Å². The number of aliphatic imine (C=N–C) groups is 1. The van der Waals surface area contributed by atoms with Gasteiger partial charge in [0.05, 0.1) is 6.61 Å². The predicted octanol–water partition coefficient (Wildman–Crippen LogP) is 2.66. The third-order valence-electron chi connectivity index (χ3n) is 3.80. The van der Waals surface area contributed by atoms with Gasteiger partial charge in [0.2, 0.25) is 6.30 Å². The summed E-state index contributed by atoms with van der Waals surface area (Å²) in [6.07, 6.45) is 0.756.